The lowest BCUT2D eigenvalue weighted by Gasteiger charge is -2.21. The lowest BCUT2D eigenvalue weighted by Crippen LogP contribution is -2.28. The molecular weight excluding hydrogens is 518 g/mol. The Kier molecular flexibility index (Phi) is 19.6. The Hall–Kier alpha value is -2.75. The summed E-state index contributed by atoms with van der Waals surface area (Å²) in [7, 11) is 1.55. The first-order valence-electron chi connectivity index (χ1n) is 14.4. The fourth-order valence-electron chi connectivity index (χ4n) is 3.84. The molecule has 2 N–H and O–H groups in total. The van der Waals surface area contributed by atoms with Gasteiger partial charge in [-0.3, -0.25) is 4.79 Å². The van der Waals surface area contributed by atoms with E-state index < -0.39 is 12.5 Å². The number of methoxy groups -OCH3 is 1. The summed E-state index contributed by atoms with van der Waals surface area (Å²) in [6.45, 7) is 15.1. The first kappa shape index (κ1) is 37.2. The van der Waals surface area contributed by atoms with E-state index in [2.05, 4.69) is 39.1 Å². The number of aromatic nitrogens is 2. The van der Waals surface area contributed by atoms with Gasteiger partial charge in [-0.2, -0.15) is 0 Å². The minimum Gasteiger partial charge on any atom is -0.479 e. The monoisotopic (exact) mass is 570 g/mol. The Morgan fingerprint density at radius 1 is 1.18 bits per heavy atom. The van der Waals surface area contributed by atoms with E-state index >= 15 is 0 Å². The average molecular weight is 571 g/mol. The van der Waals surface area contributed by atoms with E-state index in [-0.39, 0.29) is 5.91 Å². The van der Waals surface area contributed by atoms with E-state index in [0.29, 0.717) is 11.8 Å². The van der Waals surface area contributed by atoms with Crippen molar-refractivity contribution < 1.29 is 27.6 Å². The van der Waals surface area contributed by atoms with Crippen molar-refractivity contribution in [2.45, 2.75) is 99.3 Å². The second-order valence-corrected chi connectivity index (χ2v) is 9.94. The molecule has 0 saturated carbocycles. The van der Waals surface area contributed by atoms with Gasteiger partial charge in [0.05, 0.1) is 7.11 Å². The molecule has 10 heteroatoms. The number of aryl methyl sites for hydroxylation is 1. The Labute approximate surface area is 240 Å². The van der Waals surface area contributed by atoms with Crippen LogP contribution in [0.25, 0.3) is 0 Å². The number of alkyl halides is 2. The van der Waals surface area contributed by atoms with Crippen LogP contribution in [0, 0.1) is 12.8 Å². The van der Waals surface area contributed by atoms with Crippen molar-refractivity contribution >= 4 is 5.91 Å². The van der Waals surface area contributed by atoms with Crippen molar-refractivity contribution in [1.29, 1.82) is 0 Å². The van der Waals surface area contributed by atoms with Gasteiger partial charge in [0.2, 0.25) is 11.8 Å². The normalized spacial score (nSPS) is 13.6. The number of nitrogens with two attached hydrogens (primary N) is 1. The molecule has 0 saturated heterocycles. The van der Waals surface area contributed by atoms with E-state index in [0.717, 1.165) is 56.8 Å². The average Bonchev–Trinajstić information content (AvgIpc) is 3.23. The number of carbonyl (C=O) groups excluding carboxylic acids is 1. The Morgan fingerprint density at radius 3 is 2.35 bits per heavy atom. The van der Waals surface area contributed by atoms with Crippen molar-refractivity contribution in [3.63, 3.8) is 0 Å². The number of hydrogen-bond acceptors (Lipinski definition) is 7. The number of pyridine rings is 1. The van der Waals surface area contributed by atoms with Crippen LogP contribution in [0.4, 0.5) is 8.78 Å². The minimum atomic E-state index is -2.83. The number of nitrogens with zero attached hydrogens (tertiary/aromatic N) is 3. The zero-order chi connectivity index (χ0) is 30.6. The van der Waals surface area contributed by atoms with Crippen molar-refractivity contribution in [3.8, 4) is 11.8 Å². The standard InChI is InChI=1S/C21H34F2N2O.C5H7NO2.C2H5NO.C2H6/c1-4-5-6-7-17(2)10-13-25-14-11-18-8-9-20(24-19(18)12-15-25)26-16-21(3,22)23;1-4-3-5(7-2)6-8-4;1-2(3)4;1-2/h8-9,17H,4-7,10-16H2,1-3H3;3H,1-2H3;1H3,(H2,3,4);1-2H3. The maximum absolute atomic E-state index is 13.0. The van der Waals surface area contributed by atoms with Gasteiger partial charge in [0.1, 0.15) is 5.76 Å². The molecule has 3 rings (SSSR count). The van der Waals surface area contributed by atoms with Crippen molar-refractivity contribution in [2.24, 2.45) is 11.7 Å². The van der Waals surface area contributed by atoms with E-state index in [1.54, 1.807) is 19.2 Å². The van der Waals surface area contributed by atoms with E-state index in [9.17, 15) is 13.6 Å². The number of primary amides is 1. The highest BCUT2D eigenvalue weighted by Gasteiger charge is 2.23. The third-order valence-corrected chi connectivity index (χ3v) is 5.93. The lowest BCUT2D eigenvalue weighted by molar-refractivity contribution is -0.115. The molecule has 0 aliphatic carbocycles. The minimum absolute atomic E-state index is 0.309. The molecule has 1 aliphatic heterocycles. The molecule has 230 valence electrons. The summed E-state index contributed by atoms with van der Waals surface area (Å²) in [6.07, 6.45) is 8.36. The lowest BCUT2D eigenvalue weighted by atomic mass is 10.00. The van der Waals surface area contributed by atoms with Gasteiger partial charge in [0.15, 0.2) is 6.61 Å². The molecule has 1 amide bonds. The van der Waals surface area contributed by atoms with Crippen LogP contribution >= 0.6 is 0 Å². The highest BCUT2D eigenvalue weighted by molar-refractivity contribution is 5.70. The molecule has 8 nitrogen and oxygen atoms in total. The summed E-state index contributed by atoms with van der Waals surface area (Å²) in [5.41, 5.74) is 6.69. The van der Waals surface area contributed by atoms with Gasteiger partial charge < -0.3 is 24.6 Å². The third kappa shape index (κ3) is 18.5. The van der Waals surface area contributed by atoms with Gasteiger partial charge in [0.25, 0.3) is 11.8 Å². The summed E-state index contributed by atoms with van der Waals surface area (Å²) < 4.78 is 40.5. The largest absolute Gasteiger partial charge is 0.479 e. The second-order valence-electron chi connectivity index (χ2n) is 9.94. The number of fused-ring (bicyclic) bond motifs is 1. The number of ether oxygens (including phenoxy) is 2. The molecule has 1 atom stereocenters. The first-order valence-corrected chi connectivity index (χ1v) is 14.4. The molecular formula is C30H52F2N4O4. The van der Waals surface area contributed by atoms with Crippen LogP contribution in [0.3, 0.4) is 0 Å². The van der Waals surface area contributed by atoms with Gasteiger partial charge >= 0.3 is 0 Å². The maximum atomic E-state index is 13.0. The Balaban J connectivity index is 0.000000892. The zero-order valence-corrected chi connectivity index (χ0v) is 25.9. The molecule has 40 heavy (non-hydrogen) atoms. The molecule has 2 aromatic rings. The predicted octanol–water partition coefficient (Wildman–Crippen LogP) is 6.63. The molecule has 0 aromatic carbocycles. The molecule has 1 aliphatic rings. The van der Waals surface area contributed by atoms with Gasteiger partial charge in [-0.15, -0.1) is 0 Å². The van der Waals surface area contributed by atoms with Crippen LogP contribution in [0.15, 0.2) is 22.7 Å². The summed E-state index contributed by atoms with van der Waals surface area (Å²) in [5, 5.41) is 3.54. The molecule has 1 unspecified atom stereocenters. The summed E-state index contributed by atoms with van der Waals surface area (Å²) in [5.74, 6) is -0.785. The maximum Gasteiger partial charge on any atom is 0.278 e. The highest BCUT2D eigenvalue weighted by Crippen LogP contribution is 2.21. The first-order chi connectivity index (χ1) is 18.9. The third-order valence-electron chi connectivity index (χ3n) is 5.93. The fraction of sp³-hybridized carbons (Fsp3) is 0.700. The molecule has 2 aromatic heterocycles. The molecule has 0 radical (unpaired) electrons. The van der Waals surface area contributed by atoms with Crippen molar-refractivity contribution in [2.75, 3.05) is 33.4 Å². The van der Waals surface area contributed by atoms with E-state index in [1.165, 1.54) is 44.6 Å². The van der Waals surface area contributed by atoms with E-state index in [1.807, 2.05) is 26.8 Å². The number of rotatable bonds is 11. The van der Waals surface area contributed by atoms with Gasteiger partial charge in [-0.25, -0.2) is 13.8 Å². The van der Waals surface area contributed by atoms with Crippen LogP contribution in [-0.4, -0.2) is 60.2 Å². The molecule has 3 heterocycles. The Bertz CT molecular complexity index is 931. The number of unbranched alkanes of at least 4 members (excludes halogenated alkanes) is 2. The van der Waals surface area contributed by atoms with Gasteiger partial charge in [0, 0.05) is 51.2 Å². The van der Waals surface area contributed by atoms with Crippen LogP contribution in [0.2, 0.25) is 0 Å². The topological polar surface area (TPSA) is 104 Å². The number of halogens is 2. The molecule has 0 fully saturated rings. The van der Waals surface area contributed by atoms with Crippen molar-refractivity contribution in [1.82, 2.24) is 15.0 Å². The van der Waals surface area contributed by atoms with Crippen LogP contribution < -0.4 is 15.2 Å². The SMILES string of the molecule is CC.CC(N)=O.CCCCCC(C)CCN1CCc2ccc(OCC(C)(F)F)nc2CC1.COc1cc(C)on1. The van der Waals surface area contributed by atoms with Crippen molar-refractivity contribution in [3.05, 3.63) is 35.2 Å². The number of carbonyl (C=O) groups is 1. The van der Waals surface area contributed by atoms with Crippen LogP contribution in [0.1, 0.15) is 90.7 Å². The van der Waals surface area contributed by atoms with E-state index in [4.69, 9.17) is 9.47 Å². The van der Waals surface area contributed by atoms with Gasteiger partial charge in [-0.05, 0) is 42.9 Å². The second kappa shape index (κ2) is 21.1. The van der Waals surface area contributed by atoms with Crippen LogP contribution in [-0.2, 0) is 17.6 Å². The number of hydrogen-bond donors (Lipinski definition) is 1. The molecule has 0 spiro atoms. The highest BCUT2D eigenvalue weighted by atomic mass is 19.3. The quantitative estimate of drug-likeness (QED) is 0.302. The van der Waals surface area contributed by atoms with Gasteiger partial charge in [-0.1, -0.05) is 59.4 Å². The summed E-state index contributed by atoms with van der Waals surface area (Å²) in [4.78, 5) is 16.2. The zero-order valence-electron chi connectivity index (χ0n) is 25.9. The van der Waals surface area contributed by atoms with Crippen LogP contribution in [0.5, 0.6) is 11.8 Å². The summed E-state index contributed by atoms with van der Waals surface area (Å²) in [6, 6.07) is 5.43. The molecule has 0 bridgehead atoms. The smallest absolute Gasteiger partial charge is 0.278 e. The summed E-state index contributed by atoms with van der Waals surface area (Å²) >= 11 is 0. The number of amides is 1. The Morgan fingerprint density at radius 2 is 1.82 bits per heavy atom. The fourth-order valence-corrected chi connectivity index (χ4v) is 3.84. The predicted molar refractivity (Wildman–Crippen MR) is 156 cm³/mol.